The van der Waals surface area contributed by atoms with Gasteiger partial charge in [-0.15, -0.1) is 0 Å². The number of β-amino-alcohol motifs (C(OH)–C–C–N with tert-alkyl or cyclic N) is 2. The van der Waals surface area contributed by atoms with Gasteiger partial charge < -0.3 is 10.2 Å². The minimum Gasteiger partial charge on any atom is -0.392 e. The molecular weight excluding hydrogens is 432 g/mol. The molecule has 0 bridgehead atoms. The van der Waals surface area contributed by atoms with Gasteiger partial charge in [0.25, 0.3) is 10.1 Å². The SMILES string of the molecule is CCCCCCC/C=C/CCCCCC(=O)C1=[N+](CC(O)CS(=O)(=O)O)CCN1CCO. The van der Waals surface area contributed by atoms with E-state index in [0.29, 0.717) is 31.9 Å². The molecule has 1 atom stereocenters. The first-order valence-corrected chi connectivity index (χ1v) is 13.7. The molecule has 3 N–H and O–H groups in total. The van der Waals surface area contributed by atoms with Crippen LogP contribution in [0.4, 0.5) is 0 Å². The fraction of sp³-hybridized carbons (Fsp3) is 0.826. The molecule has 1 aliphatic heterocycles. The molecule has 0 fully saturated rings. The van der Waals surface area contributed by atoms with Crippen molar-refractivity contribution >= 4 is 21.7 Å². The van der Waals surface area contributed by atoms with Crippen LogP contribution in [0.15, 0.2) is 12.2 Å². The summed E-state index contributed by atoms with van der Waals surface area (Å²) < 4.78 is 32.6. The highest BCUT2D eigenvalue weighted by atomic mass is 32.2. The van der Waals surface area contributed by atoms with Crippen LogP contribution in [0.5, 0.6) is 0 Å². The summed E-state index contributed by atoms with van der Waals surface area (Å²) in [5.74, 6) is -0.397. The quantitative estimate of drug-likeness (QED) is 0.114. The van der Waals surface area contributed by atoms with Crippen molar-refractivity contribution < 1.29 is 32.6 Å². The highest BCUT2D eigenvalue weighted by molar-refractivity contribution is 7.85. The summed E-state index contributed by atoms with van der Waals surface area (Å²) >= 11 is 0. The first kappa shape index (κ1) is 28.7. The lowest BCUT2D eigenvalue weighted by Crippen LogP contribution is -2.40. The monoisotopic (exact) mass is 475 g/mol. The Bertz CT molecular complexity index is 705. The van der Waals surface area contributed by atoms with E-state index in [1.165, 1.54) is 32.1 Å². The molecule has 32 heavy (non-hydrogen) atoms. The Morgan fingerprint density at radius 3 is 2.31 bits per heavy atom. The van der Waals surface area contributed by atoms with E-state index in [1.54, 1.807) is 9.48 Å². The molecule has 0 amide bonds. The number of rotatable bonds is 19. The number of carbonyl (C=O) groups is 1. The third-order valence-electron chi connectivity index (χ3n) is 5.61. The van der Waals surface area contributed by atoms with E-state index in [1.807, 2.05) is 0 Å². The molecule has 8 nitrogen and oxygen atoms in total. The van der Waals surface area contributed by atoms with E-state index >= 15 is 0 Å². The fourth-order valence-corrected chi connectivity index (χ4v) is 4.60. The molecule has 0 aromatic carbocycles. The zero-order chi connectivity index (χ0) is 23.8. The lowest BCUT2D eigenvalue weighted by atomic mass is 10.1. The number of allylic oxidation sites excluding steroid dienone is 2. The average Bonchev–Trinajstić information content (AvgIpc) is 3.09. The number of carbonyl (C=O) groups excluding carboxylic acids is 1. The van der Waals surface area contributed by atoms with Gasteiger partial charge in [0, 0.05) is 6.42 Å². The molecule has 1 rings (SSSR count). The molecular formula is C23H43N2O6S+. The van der Waals surface area contributed by atoms with Crippen LogP contribution in [0.1, 0.15) is 77.6 Å². The third kappa shape index (κ3) is 12.7. The second-order valence-corrected chi connectivity index (χ2v) is 10.1. The van der Waals surface area contributed by atoms with Crippen LogP contribution in [0.25, 0.3) is 0 Å². The van der Waals surface area contributed by atoms with Gasteiger partial charge in [-0.2, -0.15) is 8.42 Å². The minimum atomic E-state index is -4.29. The van der Waals surface area contributed by atoms with E-state index in [4.69, 9.17) is 4.55 Å². The van der Waals surface area contributed by atoms with Gasteiger partial charge >= 0.3 is 5.84 Å². The highest BCUT2D eigenvalue weighted by Crippen LogP contribution is 2.11. The summed E-state index contributed by atoms with van der Waals surface area (Å²) in [5, 5.41) is 19.3. The number of ketones is 1. The number of aliphatic hydroxyl groups is 2. The summed E-state index contributed by atoms with van der Waals surface area (Å²) in [6.07, 6.45) is 15.0. The van der Waals surface area contributed by atoms with Gasteiger partial charge in [0.2, 0.25) is 5.78 Å². The van der Waals surface area contributed by atoms with Crippen molar-refractivity contribution in [2.24, 2.45) is 0 Å². The van der Waals surface area contributed by atoms with Gasteiger partial charge in [0.1, 0.15) is 38.0 Å². The highest BCUT2D eigenvalue weighted by Gasteiger charge is 2.36. The van der Waals surface area contributed by atoms with Crippen molar-refractivity contribution in [3.8, 4) is 0 Å². The van der Waals surface area contributed by atoms with Crippen LogP contribution in [-0.4, -0.2) is 88.9 Å². The normalized spacial score (nSPS) is 15.8. The zero-order valence-electron chi connectivity index (χ0n) is 19.6. The number of hydrogen-bond donors (Lipinski definition) is 3. The predicted octanol–water partition coefficient (Wildman–Crippen LogP) is 2.39. The molecule has 0 aliphatic carbocycles. The Morgan fingerprint density at radius 2 is 1.72 bits per heavy atom. The van der Waals surface area contributed by atoms with Crippen LogP contribution in [0, 0.1) is 0 Å². The third-order valence-corrected chi connectivity index (χ3v) is 6.41. The van der Waals surface area contributed by atoms with Crippen LogP contribution in [0.2, 0.25) is 0 Å². The largest absolute Gasteiger partial charge is 0.392 e. The van der Waals surface area contributed by atoms with Gasteiger partial charge in [-0.3, -0.25) is 18.8 Å². The Kier molecular flexibility index (Phi) is 14.7. The van der Waals surface area contributed by atoms with E-state index in [-0.39, 0.29) is 18.9 Å². The van der Waals surface area contributed by atoms with Crippen molar-refractivity contribution in [2.45, 2.75) is 83.7 Å². The number of amidine groups is 1. The Labute approximate surface area is 193 Å². The number of Topliss-reactive ketones (excluding diaryl/α,β-unsaturated/α-hetero) is 1. The lowest BCUT2D eigenvalue weighted by Gasteiger charge is -2.13. The van der Waals surface area contributed by atoms with Crippen LogP contribution >= 0.6 is 0 Å². The van der Waals surface area contributed by atoms with Gasteiger partial charge in [-0.1, -0.05) is 51.2 Å². The fourth-order valence-electron chi connectivity index (χ4n) is 4.01. The Hall–Kier alpha value is -1.29. The second kappa shape index (κ2) is 16.3. The lowest BCUT2D eigenvalue weighted by molar-refractivity contribution is -0.525. The smallest absolute Gasteiger partial charge is 0.316 e. The van der Waals surface area contributed by atoms with Gasteiger partial charge in [0.05, 0.1) is 6.61 Å². The van der Waals surface area contributed by atoms with Crippen molar-refractivity contribution in [2.75, 3.05) is 38.5 Å². The molecule has 0 radical (unpaired) electrons. The summed E-state index contributed by atoms with van der Waals surface area (Å²) in [4.78, 5) is 14.6. The predicted molar refractivity (Wildman–Crippen MR) is 127 cm³/mol. The standard InChI is InChI=1S/C23H42N2O6S/c1-2-3-4-5-6-7-8-9-10-11-12-13-14-22(28)23-24(17-18-26)15-16-25(23)19-21(27)20-32(29,30)31/h8-9,21,26-27H,2-7,10-20H2,1H3/p+1/b9-8+. The maximum absolute atomic E-state index is 12.8. The van der Waals surface area contributed by atoms with E-state index in [2.05, 4.69) is 19.1 Å². The molecule has 0 aromatic heterocycles. The summed E-state index contributed by atoms with van der Waals surface area (Å²) in [6.45, 7) is 3.39. The molecule has 9 heteroatoms. The maximum Gasteiger partial charge on any atom is 0.316 e. The maximum atomic E-state index is 12.8. The molecule has 0 spiro atoms. The second-order valence-electron chi connectivity index (χ2n) is 8.58. The topological polar surface area (TPSA) is 118 Å². The van der Waals surface area contributed by atoms with Crippen LogP contribution in [0.3, 0.4) is 0 Å². The van der Waals surface area contributed by atoms with Crippen molar-refractivity contribution in [3.63, 3.8) is 0 Å². The van der Waals surface area contributed by atoms with Gasteiger partial charge in [0.15, 0.2) is 0 Å². The number of hydrogen-bond acceptors (Lipinski definition) is 6. The van der Waals surface area contributed by atoms with Gasteiger partial charge in [-0.25, -0.2) is 0 Å². The molecule has 1 heterocycles. The van der Waals surface area contributed by atoms with E-state index in [9.17, 15) is 23.4 Å². The number of unbranched alkanes of at least 4 members (excludes halogenated alkanes) is 8. The zero-order valence-corrected chi connectivity index (χ0v) is 20.4. The van der Waals surface area contributed by atoms with E-state index in [0.717, 1.165) is 32.1 Å². The van der Waals surface area contributed by atoms with Gasteiger partial charge in [-0.05, 0) is 32.1 Å². The summed E-state index contributed by atoms with van der Waals surface area (Å²) in [6, 6.07) is 0. The van der Waals surface area contributed by atoms with E-state index < -0.39 is 22.0 Å². The molecule has 0 saturated heterocycles. The van der Waals surface area contributed by atoms with Crippen LogP contribution in [-0.2, 0) is 14.9 Å². The first-order chi connectivity index (χ1) is 15.3. The van der Waals surface area contributed by atoms with Crippen LogP contribution < -0.4 is 0 Å². The molecule has 186 valence electrons. The van der Waals surface area contributed by atoms with Crippen molar-refractivity contribution in [1.29, 1.82) is 0 Å². The summed E-state index contributed by atoms with van der Waals surface area (Å²) in [5.41, 5.74) is 0. The molecule has 1 unspecified atom stereocenters. The number of nitrogens with zero attached hydrogens (tertiary/aromatic N) is 2. The van der Waals surface area contributed by atoms with Crippen molar-refractivity contribution in [3.05, 3.63) is 12.2 Å². The average molecular weight is 476 g/mol. The summed E-state index contributed by atoms with van der Waals surface area (Å²) in [7, 11) is -4.29. The first-order valence-electron chi connectivity index (χ1n) is 12.1. The minimum absolute atomic E-state index is 0.0496. The number of aliphatic hydroxyl groups excluding tert-OH is 2. The molecule has 1 aliphatic rings. The molecule has 0 saturated carbocycles. The Balaban J connectivity index is 2.41. The Morgan fingerprint density at radius 1 is 1.09 bits per heavy atom. The molecule has 0 aromatic rings. The van der Waals surface area contributed by atoms with Crippen molar-refractivity contribution in [1.82, 2.24) is 4.90 Å².